The topological polar surface area (TPSA) is 46.5 Å². The minimum atomic E-state index is -4.70. The van der Waals surface area contributed by atoms with Crippen LogP contribution in [0.2, 0.25) is 5.02 Å². The van der Waals surface area contributed by atoms with E-state index in [9.17, 15) is 22.4 Å². The van der Waals surface area contributed by atoms with Crippen molar-refractivity contribution in [2.75, 3.05) is 0 Å². The smallest absolute Gasteiger partial charge is 0.417 e. The molecule has 0 amide bonds. The third-order valence-corrected chi connectivity index (χ3v) is 2.99. The molecule has 0 saturated carbocycles. The Morgan fingerprint density at radius 3 is 2.45 bits per heavy atom. The van der Waals surface area contributed by atoms with Gasteiger partial charge in [0.1, 0.15) is 5.75 Å². The standard InChI is InChI=1S/C14H7ClF4O3/c15-10-5-4-7(6-9(10)14(17,18)19)22-11-3-1-2-8(12(11)16)13(20)21/h1-6H,(H,20,21). The number of carboxylic acids is 1. The van der Waals surface area contributed by atoms with Crippen molar-refractivity contribution >= 4 is 17.6 Å². The van der Waals surface area contributed by atoms with E-state index in [0.717, 1.165) is 24.3 Å². The molecule has 0 aliphatic rings. The lowest BCUT2D eigenvalue weighted by Gasteiger charge is -2.12. The molecule has 116 valence electrons. The lowest BCUT2D eigenvalue weighted by molar-refractivity contribution is -0.137. The summed E-state index contributed by atoms with van der Waals surface area (Å²) in [4.78, 5) is 10.8. The minimum Gasteiger partial charge on any atom is -0.478 e. The van der Waals surface area contributed by atoms with Crippen LogP contribution in [0.4, 0.5) is 17.6 Å². The Hall–Kier alpha value is -2.28. The first-order valence-electron chi connectivity index (χ1n) is 5.76. The highest BCUT2D eigenvalue weighted by atomic mass is 35.5. The summed E-state index contributed by atoms with van der Waals surface area (Å²) in [6, 6.07) is 6.00. The van der Waals surface area contributed by atoms with Gasteiger partial charge in [0.05, 0.1) is 16.1 Å². The van der Waals surface area contributed by atoms with Gasteiger partial charge in [0.25, 0.3) is 0 Å². The van der Waals surface area contributed by atoms with Gasteiger partial charge in [0, 0.05) is 0 Å². The van der Waals surface area contributed by atoms with Crippen LogP contribution in [0.25, 0.3) is 0 Å². The Balaban J connectivity index is 2.40. The highest BCUT2D eigenvalue weighted by molar-refractivity contribution is 6.31. The molecule has 3 nitrogen and oxygen atoms in total. The highest BCUT2D eigenvalue weighted by Crippen LogP contribution is 2.38. The molecule has 0 saturated heterocycles. The molecule has 0 unspecified atom stereocenters. The Kier molecular flexibility index (Phi) is 4.27. The molecule has 22 heavy (non-hydrogen) atoms. The second-order valence-corrected chi connectivity index (χ2v) is 4.57. The summed E-state index contributed by atoms with van der Waals surface area (Å²) in [6.45, 7) is 0. The fraction of sp³-hybridized carbons (Fsp3) is 0.0714. The predicted molar refractivity (Wildman–Crippen MR) is 69.9 cm³/mol. The van der Waals surface area contributed by atoms with Gasteiger partial charge in [-0.25, -0.2) is 9.18 Å². The summed E-state index contributed by atoms with van der Waals surface area (Å²) in [6.07, 6.45) is -4.70. The summed E-state index contributed by atoms with van der Waals surface area (Å²) in [5.41, 5.74) is -1.79. The molecule has 1 N–H and O–H groups in total. The lowest BCUT2D eigenvalue weighted by atomic mass is 10.2. The first-order chi connectivity index (χ1) is 10.2. The van der Waals surface area contributed by atoms with Crippen molar-refractivity contribution in [3.05, 3.63) is 58.4 Å². The maximum Gasteiger partial charge on any atom is 0.417 e. The van der Waals surface area contributed by atoms with Gasteiger partial charge in [0.2, 0.25) is 0 Å². The van der Waals surface area contributed by atoms with Gasteiger partial charge >= 0.3 is 12.1 Å². The van der Waals surface area contributed by atoms with Crippen LogP contribution in [-0.4, -0.2) is 11.1 Å². The number of aromatic carboxylic acids is 1. The zero-order valence-electron chi connectivity index (χ0n) is 10.6. The van der Waals surface area contributed by atoms with E-state index in [1.165, 1.54) is 6.07 Å². The molecule has 0 aromatic heterocycles. The average molecular weight is 335 g/mol. The normalized spacial score (nSPS) is 11.3. The Labute approximate surface area is 126 Å². The molecular weight excluding hydrogens is 328 g/mol. The summed E-state index contributed by atoms with van der Waals surface area (Å²) >= 11 is 5.45. The lowest BCUT2D eigenvalue weighted by Crippen LogP contribution is -2.06. The molecule has 0 radical (unpaired) electrons. The number of carboxylic acid groups (broad SMARTS) is 1. The Bertz CT molecular complexity index is 729. The third-order valence-electron chi connectivity index (χ3n) is 2.66. The Morgan fingerprint density at radius 1 is 1.18 bits per heavy atom. The first kappa shape index (κ1) is 16.1. The number of alkyl halides is 3. The molecule has 0 spiro atoms. The summed E-state index contributed by atoms with van der Waals surface area (Å²) in [7, 11) is 0. The second-order valence-electron chi connectivity index (χ2n) is 4.16. The Morgan fingerprint density at radius 2 is 1.86 bits per heavy atom. The van der Waals surface area contributed by atoms with Crippen molar-refractivity contribution in [2.24, 2.45) is 0 Å². The largest absolute Gasteiger partial charge is 0.478 e. The maximum atomic E-state index is 13.9. The van der Waals surface area contributed by atoms with E-state index in [-0.39, 0.29) is 5.75 Å². The summed E-state index contributed by atoms with van der Waals surface area (Å²) in [5.74, 6) is -3.53. The number of ether oxygens (including phenoxy) is 1. The van der Waals surface area contributed by atoms with Crippen molar-refractivity contribution in [3.8, 4) is 11.5 Å². The molecular formula is C14H7ClF4O3. The predicted octanol–water partition coefficient (Wildman–Crippen LogP) is 4.99. The van der Waals surface area contributed by atoms with Crippen LogP contribution >= 0.6 is 11.6 Å². The summed E-state index contributed by atoms with van der Waals surface area (Å²) in [5, 5.41) is 8.25. The van der Waals surface area contributed by atoms with E-state index < -0.39 is 39.9 Å². The van der Waals surface area contributed by atoms with E-state index in [0.29, 0.717) is 6.07 Å². The molecule has 0 aliphatic carbocycles. The fourth-order valence-corrected chi connectivity index (χ4v) is 1.89. The third kappa shape index (κ3) is 3.30. The molecule has 2 aromatic rings. The van der Waals surface area contributed by atoms with Crippen molar-refractivity contribution in [1.29, 1.82) is 0 Å². The maximum absolute atomic E-state index is 13.9. The van der Waals surface area contributed by atoms with Gasteiger partial charge in [-0.15, -0.1) is 0 Å². The molecule has 0 atom stereocenters. The van der Waals surface area contributed by atoms with Crippen LogP contribution in [0.5, 0.6) is 11.5 Å². The number of rotatable bonds is 3. The van der Waals surface area contributed by atoms with Crippen LogP contribution in [0.1, 0.15) is 15.9 Å². The molecule has 0 aliphatic heterocycles. The van der Waals surface area contributed by atoms with Crippen LogP contribution in [0, 0.1) is 5.82 Å². The number of hydrogen-bond acceptors (Lipinski definition) is 2. The van der Waals surface area contributed by atoms with E-state index in [4.69, 9.17) is 21.4 Å². The van der Waals surface area contributed by atoms with Crippen molar-refractivity contribution in [2.45, 2.75) is 6.18 Å². The van der Waals surface area contributed by atoms with E-state index >= 15 is 0 Å². The monoisotopic (exact) mass is 334 g/mol. The van der Waals surface area contributed by atoms with Gasteiger partial charge in [-0.2, -0.15) is 13.2 Å². The van der Waals surface area contributed by atoms with Crippen LogP contribution in [0.3, 0.4) is 0 Å². The number of halogens is 5. The van der Waals surface area contributed by atoms with Crippen molar-refractivity contribution < 1.29 is 32.2 Å². The van der Waals surface area contributed by atoms with Gasteiger partial charge in [0.15, 0.2) is 11.6 Å². The van der Waals surface area contributed by atoms with Gasteiger partial charge in [-0.3, -0.25) is 0 Å². The molecule has 2 aromatic carbocycles. The van der Waals surface area contributed by atoms with E-state index in [1.54, 1.807) is 0 Å². The van der Waals surface area contributed by atoms with Gasteiger partial charge in [-0.05, 0) is 30.3 Å². The van der Waals surface area contributed by atoms with Crippen molar-refractivity contribution in [3.63, 3.8) is 0 Å². The minimum absolute atomic E-state index is 0.321. The zero-order chi connectivity index (χ0) is 16.5. The SMILES string of the molecule is O=C(O)c1cccc(Oc2ccc(Cl)c(C(F)(F)F)c2)c1F. The fourth-order valence-electron chi connectivity index (χ4n) is 1.67. The van der Waals surface area contributed by atoms with Crippen LogP contribution in [0.15, 0.2) is 36.4 Å². The molecule has 2 rings (SSSR count). The molecule has 0 fully saturated rings. The second kappa shape index (κ2) is 5.84. The quantitative estimate of drug-likeness (QED) is 0.804. The van der Waals surface area contributed by atoms with Gasteiger partial charge < -0.3 is 9.84 Å². The van der Waals surface area contributed by atoms with Crippen LogP contribution in [-0.2, 0) is 6.18 Å². The number of benzene rings is 2. The van der Waals surface area contributed by atoms with E-state index in [1.807, 2.05) is 0 Å². The molecule has 0 bridgehead atoms. The molecule has 0 heterocycles. The zero-order valence-corrected chi connectivity index (χ0v) is 11.4. The number of carbonyl (C=O) groups is 1. The average Bonchev–Trinajstić information content (AvgIpc) is 2.41. The first-order valence-corrected chi connectivity index (χ1v) is 6.14. The van der Waals surface area contributed by atoms with Crippen LogP contribution < -0.4 is 4.74 Å². The van der Waals surface area contributed by atoms with Gasteiger partial charge in [-0.1, -0.05) is 17.7 Å². The van der Waals surface area contributed by atoms with Crippen molar-refractivity contribution in [1.82, 2.24) is 0 Å². The highest BCUT2D eigenvalue weighted by Gasteiger charge is 2.33. The molecule has 8 heteroatoms. The number of hydrogen-bond donors (Lipinski definition) is 1. The van der Waals surface area contributed by atoms with E-state index in [2.05, 4.69) is 0 Å². The summed E-state index contributed by atoms with van der Waals surface area (Å²) < 4.78 is 57.0.